The molecule has 1 aromatic heterocycles. The molecule has 0 fully saturated rings. The van der Waals surface area contributed by atoms with Crippen LogP contribution in [0.4, 0.5) is 0 Å². The molecule has 1 aliphatic rings. The molecule has 0 spiro atoms. The number of benzene rings is 2. The highest BCUT2D eigenvalue weighted by Gasteiger charge is 2.40. The van der Waals surface area contributed by atoms with E-state index in [2.05, 4.69) is 37.1 Å². The van der Waals surface area contributed by atoms with Crippen molar-refractivity contribution in [2.45, 2.75) is 53.1 Å². The molecular weight excluding hydrogens is 408 g/mol. The lowest BCUT2D eigenvalue weighted by atomic mass is 9.93. The van der Waals surface area contributed by atoms with Crippen LogP contribution in [-0.4, -0.2) is 31.9 Å². The summed E-state index contributed by atoms with van der Waals surface area (Å²) in [7, 11) is 0. The molecule has 4 rings (SSSR count). The summed E-state index contributed by atoms with van der Waals surface area (Å²) in [6.07, 6.45) is 0.677. The maximum absolute atomic E-state index is 13.6. The van der Waals surface area contributed by atoms with Crippen molar-refractivity contribution < 1.29 is 4.79 Å². The third-order valence-corrected chi connectivity index (χ3v) is 5.98. The highest BCUT2D eigenvalue weighted by atomic mass is 35.5. The van der Waals surface area contributed by atoms with Gasteiger partial charge in [0.2, 0.25) is 0 Å². The van der Waals surface area contributed by atoms with Crippen molar-refractivity contribution in [1.82, 2.24) is 14.8 Å². The Morgan fingerprint density at radius 1 is 1.06 bits per heavy atom. The fourth-order valence-corrected chi connectivity index (χ4v) is 4.48. The monoisotopic (exact) mass is 434 g/mol. The Bertz CT molecular complexity index is 1160. The lowest BCUT2D eigenvalue weighted by molar-refractivity contribution is 0.0611. The van der Waals surface area contributed by atoms with Gasteiger partial charge in [-0.15, -0.1) is 0 Å². The van der Waals surface area contributed by atoms with E-state index in [4.69, 9.17) is 16.7 Å². The molecule has 0 N–H and O–H groups in total. The third-order valence-electron chi connectivity index (χ3n) is 5.60. The summed E-state index contributed by atoms with van der Waals surface area (Å²) in [4.78, 5) is 13.6. The maximum atomic E-state index is 13.6. The average Bonchev–Trinajstić information content (AvgIpc) is 3.16. The van der Waals surface area contributed by atoms with Crippen molar-refractivity contribution in [2.75, 3.05) is 0 Å². The number of hydrogen-bond donors (Lipinski definition) is 0. The second-order valence-electron chi connectivity index (χ2n) is 8.92. The summed E-state index contributed by atoms with van der Waals surface area (Å²) in [5, 5.41) is 11.2. The normalized spacial score (nSPS) is 15.3. The summed E-state index contributed by atoms with van der Waals surface area (Å²) in [6.45, 7) is 10.5. The Kier molecular flexibility index (Phi) is 5.48. The zero-order valence-corrected chi connectivity index (χ0v) is 19.4. The first-order valence-corrected chi connectivity index (χ1v) is 10.8. The lowest BCUT2D eigenvalue weighted by Crippen LogP contribution is -2.41. The number of hydrogen-bond acceptors (Lipinski definition) is 3. The molecule has 0 unspecified atom stereocenters. The number of carbonyl (C=O) groups excluding carboxylic acids is 1. The van der Waals surface area contributed by atoms with Crippen LogP contribution in [0, 0.1) is 20.8 Å². The van der Waals surface area contributed by atoms with E-state index >= 15 is 0 Å². The molecule has 31 heavy (non-hydrogen) atoms. The van der Waals surface area contributed by atoms with Crippen LogP contribution in [0.3, 0.4) is 0 Å². The van der Waals surface area contributed by atoms with Crippen molar-refractivity contribution in [3.05, 3.63) is 87.2 Å². The number of carbonyl (C=O) groups is 1. The van der Waals surface area contributed by atoms with Crippen molar-refractivity contribution in [1.29, 1.82) is 0 Å². The van der Waals surface area contributed by atoms with E-state index in [0.29, 0.717) is 29.4 Å². The smallest absolute Gasteiger partial charge is 0.267 e. The zero-order valence-electron chi connectivity index (χ0n) is 18.6. The molecule has 6 heteroatoms. The minimum atomic E-state index is -0.457. The zero-order chi connectivity index (χ0) is 22.3. The molecule has 5 nitrogen and oxygen atoms in total. The largest absolute Gasteiger partial charge is 0.279 e. The molecule has 0 aliphatic carbocycles. The van der Waals surface area contributed by atoms with Crippen LogP contribution in [0.5, 0.6) is 0 Å². The second-order valence-corrected chi connectivity index (χ2v) is 9.28. The number of aromatic nitrogens is 2. The molecular formula is C25H27ClN4O. The summed E-state index contributed by atoms with van der Waals surface area (Å²) in [5.41, 5.74) is 5.97. The van der Waals surface area contributed by atoms with Gasteiger partial charge in [0, 0.05) is 6.42 Å². The number of halogens is 1. The molecule has 0 saturated carbocycles. The number of hydrazone groups is 1. The number of aryl methyl sites for hydroxylation is 3. The summed E-state index contributed by atoms with van der Waals surface area (Å²) >= 11 is 6.65. The molecule has 1 aliphatic heterocycles. The highest BCUT2D eigenvalue weighted by molar-refractivity contribution is 6.33. The van der Waals surface area contributed by atoms with Gasteiger partial charge < -0.3 is 0 Å². The molecule has 3 aromatic rings. The average molecular weight is 435 g/mol. The van der Waals surface area contributed by atoms with Gasteiger partial charge in [-0.1, -0.05) is 71.3 Å². The van der Waals surface area contributed by atoms with Gasteiger partial charge in [0.05, 0.1) is 23.5 Å². The number of nitrogens with zero attached hydrogens (tertiary/aromatic N) is 4. The Morgan fingerprint density at radius 2 is 1.71 bits per heavy atom. The van der Waals surface area contributed by atoms with Gasteiger partial charge in [0.25, 0.3) is 5.91 Å². The van der Waals surface area contributed by atoms with Crippen molar-refractivity contribution in [3.8, 4) is 0 Å². The first-order valence-electron chi connectivity index (χ1n) is 10.4. The molecule has 1 amide bonds. The van der Waals surface area contributed by atoms with E-state index in [-0.39, 0.29) is 5.91 Å². The standard InChI is InChI=1S/C25H27ClN4O/c1-16-11-17(2)13-20(12-16)21-14-25(4,5)30(28-21)24(31)22-18(3)27-29(23(22)26)15-19-9-7-6-8-10-19/h6-13H,14-15H2,1-5H3. The molecule has 160 valence electrons. The van der Waals surface area contributed by atoms with Crippen LogP contribution in [-0.2, 0) is 6.54 Å². The van der Waals surface area contributed by atoms with Crippen LogP contribution in [0.1, 0.15) is 58.6 Å². The Balaban J connectivity index is 1.68. The topological polar surface area (TPSA) is 50.5 Å². The van der Waals surface area contributed by atoms with Crippen molar-refractivity contribution in [2.24, 2.45) is 5.10 Å². The van der Waals surface area contributed by atoms with Crippen molar-refractivity contribution in [3.63, 3.8) is 0 Å². The fraction of sp³-hybridized carbons (Fsp3) is 0.320. The summed E-state index contributed by atoms with van der Waals surface area (Å²) in [5.74, 6) is -0.216. The Morgan fingerprint density at radius 3 is 2.35 bits per heavy atom. The fourth-order valence-electron chi connectivity index (χ4n) is 4.16. The lowest BCUT2D eigenvalue weighted by Gasteiger charge is -2.28. The summed E-state index contributed by atoms with van der Waals surface area (Å²) in [6, 6.07) is 16.3. The van der Waals surface area contributed by atoms with E-state index in [1.54, 1.807) is 9.69 Å². The number of rotatable bonds is 4. The van der Waals surface area contributed by atoms with E-state index < -0.39 is 5.54 Å². The van der Waals surface area contributed by atoms with Crippen LogP contribution in [0.2, 0.25) is 5.15 Å². The quantitative estimate of drug-likeness (QED) is 0.541. The minimum Gasteiger partial charge on any atom is -0.267 e. The van der Waals surface area contributed by atoms with Crippen LogP contribution < -0.4 is 0 Å². The van der Waals surface area contributed by atoms with Crippen LogP contribution >= 0.6 is 11.6 Å². The predicted octanol–water partition coefficient (Wildman–Crippen LogP) is 5.54. The Hall–Kier alpha value is -2.92. The van der Waals surface area contributed by atoms with Gasteiger partial charge in [-0.25, -0.2) is 9.69 Å². The van der Waals surface area contributed by atoms with Gasteiger partial charge in [-0.3, -0.25) is 4.79 Å². The molecule has 2 aromatic carbocycles. The van der Waals surface area contributed by atoms with E-state index in [1.807, 2.05) is 51.1 Å². The molecule has 2 heterocycles. The SMILES string of the molecule is Cc1cc(C)cc(C2=NN(C(=O)c3c(C)nn(Cc4ccccc4)c3Cl)C(C)(C)C2)c1. The van der Waals surface area contributed by atoms with E-state index in [0.717, 1.165) is 16.8 Å². The molecule has 0 atom stereocenters. The predicted molar refractivity (Wildman–Crippen MR) is 125 cm³/mol. The molecule has 0 saturated heterocycles. The maximum Gasteiger partial charge on any atom is 0.279 e. The van der Waals surface area contributed by atoms with Crippen LogP contribution in [0.15, 0.2) is 53.6 Å². The van der Waals surface area contributed by atoms with Gasteiger partial charge >= 0.3 is 0 Å². The molecule has 0 radical (unpaired) electrons. The first kappa shape index (κ1) is 21.3. The van der Waals surface area contributed by atoms with Gasteiger partial charge in [-0.05, 0) is 45.7 Å². The van der Waals surface area contributed by atoms with Gasteiger partial charge in [-0.2, -0.15) is 10.2 Å². The van der Waals surface area contributed by atoms with E-state index in [1.165, 1.54) is 11.1 Å². The second kappa shape index (κ2) is 7.97. The summed E-state index contributed by atoms with van der Waals surface area (Å²) < 4.78 is 1.68. The minimum absolute atomic E-state index is 0.216. The van der Waals surface area contributed by atoms with Gasteiger partial charge in [0.1, 0.15) is 10.7 Å². The third kappa shape index (κ3) is 4.15. The Labute approximate surface area is 188 Å². The molecule has 0 bridgehead atoms. The first-order chi connectivity index (χ1) is 14.7. The number of amides is 1. The van der Waals surface area contributed by atoms with Crippen LogP contribution in [0.25, 0.3) is 0 Å². The highest BCUT2D eigenvalue weighted by Crippen LogP contribution is 2.33. The van der Waals surface area contributed by atoms with E-state index in [9.17, 15) is 4.79 Å². The van der Waals surface area contributed by atoms with Crippen molar-refractivity contribution >= 4 is 23.2 Å². The van der Waals surface area contributed by atoms with Gasteiger partial charge in [0.15, 0.2) is 0 Å².